The summed E-state index contributed by atoms with van der Waals surface area (Å²) in [4.78, 5) is 26.5. The highest BCUT2D eigenvalue weighted by Gasteiger charge is 2.41. The van der Waals surface area contributed by atoms with Crippen molar-refractivity contribution in [1.29, 1.82) is 0 Å². The maximum atomic E-state index is 13.5. The summed E-state index contributed by atoms with van der Waals surface area (Å²) in [5.41, 5.74) is 1.93. The number of carbonyl (C=O) groups excluding carboxylic acids is 2. The Hall–Kier alpha value is -3.24. The molecule has 0 aliphatic carbocycles. The molecule has 1 amide bonds. The van der Waals surface area contributed by atoms with E-state index in [1.54, 1.807) is 24.3 Å². The van der Waals surface area contributed by atoms with Crippen LogP contribution in [0.25, 0.3) is 0 Å². The molecule has 4 rings (SSSR count). The zero-order valence-corrected chi connectivity index (χ0v) is 16.1. The normalized spacial score (nSPS) is 15.4. The summed E-state index contributed by atoms with van der Waals surface area (Å²) >= 11 is 0. The fraction of sp³-hybridized carbons (Fsp3) is 0.200. The number of nitrogens with one attached hydrogen (secondary N) is 1. The predicted octanol–water partition coefficient (Wildman–Crippen LogP) is 4.60. The quantitative estimate of drug-likeness (QED) is 0.653. The smallest absolute Gasteiger partial charge is 0.235 e. The standard InChI is InChI=1S/C25H23NO3/c27-23(19-9-3-1-4-10-19)21-13-7-8-14-22(21)26-24(28)25(15-17-29-18-16-25)20-11-5-2-6-12-20/h1-14H,15-18H2,(H,26,28). The molecule has 0 spiro atoms. The monoisotopic (exact) mass is 385 g/mol. The third-order valence-corrected chi connectivity index (χ3v) is 5.56. The van der Waals surface area contributed by atoms with E-state index in [1.165, 1.54) is 0 Å². The Kier molecular flexibility index (Phi) is 5.54. The second-order valence-electron chi connectivity index (χ2n) is 7.26. The number of carbonyl (C=O) groups is 2. The Bertz CT molecular complexity index is 993. The summed E-state index contributed by atoms with van der Waals surface area (Å²) < 4.78 is 5.53. The lowest BCUT2D eigenvalue weighted by Gasteiger charge is -2.36. The number of benzene rings is 3. The molecule has 0 radical (unpaired) electrons. The zero-order valence-electron chi connectivity index (χ0n) is 16.1. The van der Waals surface area contributed by atoms with Crippen molar-refractivity contribution in [1.82, 2.24) is 0 Å². The van der Waals surface area contributed by atoms with Crippen molar-refractivity contribution in [3.8, 4) is 0 Å². The molecule has 4 heteroatoms. The van der Waals surface area contributed by atoms with Crippen LogP contribution in [-0.2, 0) is 14.9 Å². The summed E-state index contributed by atoms with van der Waals surface area (Å²) in [5, 5.41) is 3.05. The molecule has 4 nitrogen and oxygen atoms in total. The minimum Gasteiger partial charge on any atom is -0.381 e. The van der Waals surface area contributed by atoms with Crippen LogP contribution in [0.4, 0.5) is 5.69 Å². The molecule has 1 N–H and O–H groups in total. The van der Waals surface area contributed by atoms with Crippen LogP contribution in [0.5, 0.6) is 0 Å². The van der Waals surface area contributed by atoms with Gasteiger partial charge >= 0.3 is 0 Å². The molecule has 0 unspecified atom stereocenters. The Morgan fingerprint density at radius 1 is 0.759 bits per heavy atom. The summed E-state index contributed by atoms with van der Waals surface area (Å²) in [6.07, 6.45) is 1.22. The van der Waals surface area contributed by atoms with E-state index in [1.807, 2.05) is 60.7 Å². The van der Waals surface area contributed by atoms with Gasteiger partial charge in [-0.25, -0.2) is 0 Å². The molecule has 0 aromatic heterocycles. The maximum absolute atomic E-state index is 13.5. The van der Waals surface area contributed by atoms with Crippen molar-refractivity contribution in [3.63, 3.8) is 0 Å². The van der Waals surface area contributed by atoms with Gasteiger partial charge in [0.15, 0.2) is 5.78 Å². The Labute approximate surface area is 170 Å². The number of para-hydroxylation sites is 1. The van der Waals surface area contributed by atoms with Crippen LogP contribution >= 0.6 is 0 Å². The first kappa shape index (κ1) is 19.1. The molecular formula is C25H23NO3. The Balaban J connectivity index is 1.67. The number of ether oxygens (including phenoxy) is 1. The molecule has 146 valence electrons. The van der Waals surface area contributed by atoms with Crippen LogP contribution in [0.3, 0.4) is 0 Å². The van der Waals surface area contributed by atoms with Crippen LogP contribution in [0.2, 0.25) is 0 Å². The van der Waals surface area contributed by atoms with Gasteiger partial charge in [-0.05, 0) is 30.5 Å². The molecule has 29 heavy (non-hydrogen) atoms. The average Bonchev–Trinajstić information content (AvgIpc) is 2.80. The van der Waals surface area contributed by atoms with Crippen LogP contribution in [0.1, 0.15) is 34.3 Å². The predicted molar refractivity (Wildman–Crippen MR) is 113 cm³/mol. The topological polar surface area (TPSA) is 55.4 Å². The molecule has 3 aromatic rings. The van der Waals surface area contributed by atoms with Gasteiger partial charge in [0.2, 0.25) is 5.91 Å². The number of hydrogen-bond donors (Lipinski definition) is 1. The van der Waals surface area contributed by atoms with E-state index in [4.69, 9.17) is 4.74 Å². The highest BCUT2D eigenvalue weighted by Crippen LogP contribution is 2.36. The van der Waals surface area contributed by atoms with E-state index in [2.05, 4.69) is 5.32 Å². The van der Waals surface area contributed by atoms with Crippen molar-refractivity contribution in [2.45, 2.75) is 18.3 Å². The van der Waals surface area contributed by atoms with Crippen molar-refractivity contribution < 1.29 is 14.3 Å². The number of amides is 1. The van der Waals surface area contributed by atoms with Crippen molar-refractivity contribution >= 4 is 17.4 Å². The third-order valence-electron chi connectivity index (χ3n) is 5.56. The SMILES string of the molecule is O=C(c1ccccc1)c1ccccc1NC(=O)C1(c2ccccc2)CCOCC1. The highest BCUT2D eigenvalue weighted by molar-refractivity contribution is 6.14. The maximum Gasteiger partial charge on any atom is 0.235 e. The molecule has 0 saturated carbocycles. The lowest BCUT2D eigenvalue weighted by molar-refractivity contribution is -0.125. The van der Waals surface area contributed by atoms with E-state index in [0.717, 1.165) is 5.56 Å². The van der Waals surface area contributed by atoms with Gasteiger partial charge in [0.05, 0.1) is 11.1 Å². The molecule has 3 aromatic carbocycles. The second kappa shape index (κ2) is 8.41. The van der Waals surface area contributed by atoms with Gasteiger partial charge in [-0.1, -0.05) is 72.8 Å². The Morgan fingerprint density at radius 3 is 2.03 bits per heavy atom. The van der Waals surface area contributed by atoms with Crippen LogP contribution < -0.4 is 5.32 Å². The molecule has 1 aliphatic heterocycles. The van der Waals surface area contributed by atoms with Gasteiger partial charge in [-0.15, -0.1) is 0 Å². The molecule has 1 saturated heterocycles. The van der Waals surface area contributed by atoms with E-state index in [9.17, 15) is 9.59 Å². The lowest BCUT2D eigenvalue weighted by Crippen LogP contribution is -2.45. The molecule has 1 heterocycles. The van der Waals surface area contributed by atoms with E-state index >= 15 is 0 Å². The molecule has 1 fully saturated rings. The number of rotatable bonds is 5. The second-order valence-corrected chi connectivity index (χ2v) is 7.26. The summed E-state index contributed by atoms with van der Waals surface area (Å²) in [6, 6.07) is 26.1. The van der Waals surface area contributed by atoms with Gasteiger partial charge in [0.25, 0.3) is 0 Å². The van der Waals surface area contributed by atoms with Crippen LogP contribution in [0.15, 0.2) is 84.9 Å². The van der Waals surface area contributed by atoms with Gasteiger partial charge in [0.1, 0.15) is 0 Å². The van der Waals surface area contributed by atoms with Crippen molar-refractivity contribution in [3.05, 3.63) is 102 Å². The zero-order chi connectivity index (χ0) is 20.1. The molecule has 0 bridgehead atoms. The Morgan fingerprint density at radius 2 is 1.34 bits per heavy atom. The number of anilines is 1. The van der Waals surface area contributed by atoms with Gasteiger partial charge in [0, 0.05) is 24.3 Å². The molecular weight excluding hydrogens is 362 g/mol. The largest absolute Gasteiger partial charge is 0.381 e. The van der Waals surface area contributed by atoms with Crippen LogP contribution in [0, 0.1) is 0 Å². The average molecular weight is 385 g/mol. The van der Waals surface area contributed by atoms with E-state index < -0.39 is 5.41 Å². The number of hydrogen-bond acceptors (Lipinski definition) is 3. The van der Waals surface area contributed by atoms with E-state index in [-0.39, 0.29) is 11.7 Å². The lowest BCUT2D eigenvalue weighted by atomic mass is 9.73. The van der Waals surface area contributed by atoms with Gasteiger partial charge in [-0.3, -0.25) is 9.59 Å². The van der Waals surface area contributed by atoms with Crippen molar-refractivity contribution in [2.24, 2.45) is 0 Å². The summed E-state index contributed by atoms with van der Waals surface area (Å²) in [5.74, 6) is -0.206. The first-order chi connectivity index (χ1) is 14.2. The van der Waals surface area contributed by atoms with E-state index in [0.29, 0.717) is 42.9 Å². The summed E-state index contributed by atoms with van der Waals surface area (Å²) in [7, 11) is 0. The number of ketones is 1. The minimum atomic E-state index is -0.664. The fourth-order valence-corrected chi connectivity index (χ4v) is 3.90. The van der Waals surface area contributed by atoms with Gasteiger partial charge in [-0.2, -0.15) is 0 Å². The highest BCUT2D eigenvalue weighted by atomic mass is 16.5. The molecule has 0 atom stereocenters. The first-order valence-electron chi connectivity index (χ1n) is 9.84. The first-order valence-corrected chi connectivity index (χ1v) is 9.84. The summed E-state index contributed by atoms with van der Waals surface area (Å²) in [6.45, 7) is 1.07. The van der Waals surface area contributed by atoms with Crippen LogP contribution in [-0.4, -0.2) is 24.9 Å². The third kappa shape index (κ3) is 3.84. The molecule has 1 aliphatic rings. The minimum absolute atomic E-state index is 0.0969. The van der Waals surface area contributed by atoms with Gasteiger partial charge < -0.3 is 10.1 Å². The fourth-order valence-electron chi connectivity index (χ4n) is 3.90. The van der Waals surface area contributed by atoms with Crippen molar-refractivity contribution in [2.75, 3.05) is 18.5 Å².